The summed E-state index contributed by atoms with van der Waals surface area (Å²) in [5, 5.41) is 3.30. The molecule has 1 amide bonds. The van der Waals surface area contributed by atoms with Gasteiger partial charge in [0, 0.05) is 0 Å². The van der Waals surface area contributed by atoms with Crippen molar-refractivity contribution in [2.75, 3.05) is 25.2 Å². The van der Waals surface area contributed by atoms with E-state index in [1.54, 1.807) is 49.6 Å². The molecule has 1 saturated heterocycles. The number of anilines is 1. The Morgan fingerprint density at radius 1 is 1.23 bits per heavy atom. The summed E-state index contributed by atoms with van der Waals surface area (Å²) < 4.78 is 17.2. The van der Waals surface area contributed by atoms with E-state index in [0.29, 0.717) is 45.7 Å². The first-order valence-corrected chi connectivity index (χ1v) is 10.4. The second-order valence-electron chi connectivity index (χ2n) is 6.19. The van der Waals surface area contributed by atoms with Crippen molar-refractivity contribution in [2.24, 2.45) is 0 Å². The Kier molecular flexibility index (Phi) is 7.12. The fourth-order valence-corrected chi connectivity index (χ4v) is 3.77. The first kappa shape index (κ1) is 21.9. The quantitative estimate of drug-likeness (QED) is 0.330. The lowest BCUT2D eigenvalue weighted by atomic mass is 10.1. The first-order chi connectivity index (χ1) is 14.5. The van der Waals surface area contributed by atoms with Crippen molar-refractivity contribution < 1.29 is 19.0 Å². The molecular weight excluding hydrogens is 468 g/mol. The van der Waals surface area contributed by atoms with Crippen molar-refractivity contribution in [3.05, 3.63) is 64.8 Å². The molecule has 1 heterocycles. The van der Waals surface area contributed by atoms with Gasteiger partial charge in [0.25, 0.3) is 5.91 Å². The molecule has 0 radical (unpaired) electrons. The molecule has 8 heteroatoms. The minimum Gasteiger partial charge on any atom is -0.494 e. The molecule has 2 aromatic rings. The van der Waals surface area contributed by atoms with Gasteiger partial charge in [0.1, 0.15) is 18.1 Å². The number of rotatable bonds is 8. The number of nitrogens with one attached hydrogen (secondary N) is 1. The first-order valence-electron chi connectivity index (χ1n) is 9.19. The van der Waals surface area contributed by atoms with Crippen molar-refractivity contribution in [3.8, 4) is 17.2 Å². The maximum Gasteiger partial charge on any atom is 0.281 e. The molecular formula is C22H21BrN2O4S. The molecule has 0 unspecified atom stereocenters. The summed E-state index contributed by atoms with van der Waals surface area (Å²) in [6.07, 6.45) is 3.37. The molecule has 1 fully saturated rings. The SMILES string of the molecule is C=CCOc1c(Br)cc(C=C2NC(=S)N(c3ccc(OCC)cc3)C2=O)cc1OC. The molecule has 0 aliphatic carbocycles. The van der Waals surface area contributed by atoms with Crippen LogP contribution in [0.25, 0.3) is 6.08 Å². The predicted octanol–water partition coefficient (Wildman–Crippen LogP) is 4.68. The van der Waals surface area contributed by atoms with Crippen molar-refractivity contribution in [2.45, 2.75) is 6.92 Å². The average Bonchev–Trinajstić information content (AvgIpc) is 3.00. The standard InChI is InChI=1S/C22H21BrN2O4S/c1-4-10-29-20-17(23)11-14(13-19(20)27-3)12-18-21(26)25(22(30)24-18)15-6-8-16(9-7-15)28-5-2/h4,6-9,11-13H,1,5,10H2,2-3H3,(H,24,30). The van der Waals surface area contributed by atoms with E-state index in [9.17, 15) is 4.79 Å². The molecule has 0 aromatic heterocycles. The van der Waals surface area contributed by atoms with Gasteiger partial charge in [-0.05, 0) is 83.1 Å². The van der Waals surface area contributed by atoms with E-state index in [0.717, 1.165) is 11.3 Å². The van der Waals surface area contributed by atoms with Crippen LogP contribution in [-0.4, -0.2) is 31.3 Å². The van der Waals surface area contributed by atoms with Gasteiger partial charge in [-0.25, -0.2) is 0 Å². The molecule has 30 heavy (non-hydrogen) atoms. The van der Waals surface area contributed by atoms with E-state index < -0.39 is 0 Å². The summed E-state index contributed by atoms with van der Waals surface area (Å²) in [4.78, 5) is 14.4. The number of methoxy groups -OCH3 is 1. The van der Waals surface area contributed by atoms with Crippen LogP contribution in [0.15, 0.2) is 59.2 Å². The Labute approximate surface area is 189 Å². The van der Waals surface area contributed by atoms with Crippen molar-refractivity contribution in [1.82, 2.24) is 5.32 Å². The van der Waals surface area contributed by atoms with Crippen LogP contribution in [0.3, 0.4) is 0 Å². The highest BCUT2D eigenvalue weighted by Gasteiger charge is 2.32. The van der Waals surface area contributed by atoms with Crippen molar-refractivity contribution >= 4 is 50.9 Å². The zero-order chi connectivity index (χ0) is 21.7. The van der Waals surface area contributed by atoms with Crippen LogP contribution in [-0.2, 0) is 4.79 Å². The van der Waals surface area contributed by atoms with Gasteiger partial charge < -0.3 is 19.5 Å². The van der Waals surface area contributed by atoms with E-state index in [1.807, 2.05) is 13.0 Å². The number of benzene rings is 2. The van der Waals surface area contributed by atoms with Crippen LogP contribution in [0.5, 0.6) is 17.2 Å². The molecule has 1 N–H and O–H groups in total. The third-order valence-corrected chi connectivity index (χ3v) is 5.07. The van der Waals surface area contributed by atoms with E-state index in [1.165, 1.54) is 4.90 Å². The minimum absolute atomic E-state index is 0.244. The Morgan fingerprint density at radius 2 is 1.97 bits per heavy atom. The number of nitrogens with zero attached hydrogens (tertiary/aromatic N) is 1. The van der Waals surface area contributed by atoms with E-state index in [-0.39, 0.29) is 5.91 Å². The van der Waals surface area contributed by atoms with Gasteiger partial charge in [0.15, 0.2) is 16.6 Å². The average molecular weight is 489 g/mol. The van der Waals surface area contributed by atoms with Crippen LogP contribution in [0.1, 0.15) is 12.5 Å². The summed E-state index contributed by atoms with van der Waals surface area (Å²) in [6, 6.07) is 10.8. The van der Waals surface area contributed by atoms with E-state index >= 15 is 0 Å². The van der Waals surface area contributed by atoms with Gasteiger partial charge in [-0.3, -0.25) is 9.69 Å². The van der Waals surface area contributed by atoms with Gasteiger partial charge in [0.2, 0.25) is 0 Å². The highest BCUT2D eigenvalue weighted by atomic mass is 79.9. The Bertz CT molecular complexity index is 1000. The number of halogens is 1. The second kappa shape index (κ2) is 9.77. The third-order valence-electron chi connectivity index (χ3n) is 4.19. The molecule has 156 valence electrons. The number of thiocarbonyl (C=S) groups is 1. The lowest BCUT2D eigenvalue weighted by Crippen LogP contribution is -2.30. The maximum atomic E-state index is 13.0. The number of amides is 1. The summed E-state index contributed by atoms with van der Waals surface area (Å²) >= 11 is 8.87. The van der Waals surface area contributed by atoms with Crippen LogP contribution >= 0.6 is 28.1 Å². The monoisotopic (exact) mass is 488 g/mol. The molecule has 1 aliphatic heterocycles. The molecule has 3 rings (SSSR count). The minimum atomic E-state index is -0.244. The number of hydrogen-bond acceptors (Lipinski definition) is 5. The van der Waals surface area contributed by atoms with E-state index in [4.69, 9.17) is 26.4 Å². The number of ether oxygens (including phenoxy) is 3. The highest BCUT2D eigenvalue weighted by molar-refractivity contribution is 9.10. The topological polar surface area (TPSA) is 60.0 Å². The Morgan fingerprint density at radius 3 is 2.60 bits per heavy atom. The fraction of sp³-hybridized carbons (Fsp3) is 0.182. The molecule has 0 saturated carbocycles. The maximum absolute atomic E-state index is 13.0. The summed E-state index contributed by atoms with van der Waals surface area (Å²) in [5.74, 6) is 1.59. The van der Waals surface area contributed by atoms with Gasteiger partial charge in [0.05, 0.1) is 23.9 Å². The molecule has 1 aliphatic rings. The van der Waals surface area contributed by atoms with E-state index in [2.05, 4.69) is 27.8 Å². The molecule has 2 aromatic carbocycles. The molecule has 6 nitrogen and oxygen atoms in total. The Balaban J connectivity index is 1.88. The smallest absolute Gasteiger partial charge is 0.281 e. The third kappa shape index (κ3) is 4.66. The van der Waals surface area contributed by atoms with Gasteiger partial charge in [-0.15, -0.1) is 0 Å². The van der Waals surface area contributed by atoms with Crippen LogP contribution in [0, 0.1) is 0 Å². The lowest BCUT2D eigenvalue weighted by Gasteiger charge is -2.14. The zero-order valence-electron chi connectivity index (χ0n) is 16.6. The summed E-state index contributed by atoms with van der Waals surface area (Å²) in [7, 11) is 1.56. The molecule has 0 spiro atoms. The van der Waals surface area contributed by atoms with Crippen LogP contribution in [0.4, 0.5) is 5.69 Å². The van der Waals surface area contributed by atoms with Gasteiger partial charge >= 0.3 is 0 Å². The van der Waals surface area contributed by atoms with Gasteiger partial charge in [-0.1, -0.05) is 12.7 Å². The van der Waals surface area contributed by atoms with Gasteiger partial charge in [-0.2, -0.15) is 0 Å². The van der Waals surface area contributed by atoms with Crippen molar-refractivity contribution in [3.63, 3.8) is 0 Å². The van der Waals surface area contributed by atoms with Crippen molar-refractivity contribution in [1.29, 1.82) is 0 Å². The summed E-state index contributed by atoms with van der Waals surface area (Å²) in [5.41, 5.74) is 1.77. The zero-order valence-corrected chi connectivity index (χ0v) is 19.0. The number of carbonyl (C=O) groups is 1. The predicted molar refractivity (Wildman–Crippen MR) is 125 cm³/mol. The molecule has 0 atom stereocenters. The molecule has 0 bridgehead atoms. The Hall–Kier alpha value is -2.84. The van der Waals surface area contributed by atoms with Crippen LogP contribution < -0.4 is 24.4 Å². The fourth-order valence-electron chi connectivity index (χ4n) is 2.90. The lowest BCUT2D eigenvalue weighted by molar-refractivity contribution is -0.113. The number of hydrogen-bond donors (Lipinski definition) is 1. The number of carbonyl (C=O) groups excluding carboxylic acids is 1. The summed E-state index contributed by atoms with van der Waals surface area (Å²) in [6.45, 7) is 6.49. The second-order valence-corrected chi connectivity index (χ2v) is 7.43. The highest BCUT2D eigenvalue weighted by Crippen LogP contribution is 2.37. The van der Waals surface area contributed by atoms with Crippen LogP contribution in [0.2, 0.25) is 0 Å². The largest absolute Gasteiger partial charge is 0.494 e. The normalized spacial score (nSPS) is 14.6.